The summed E-state index contributed by atoms with van der Waals surface area (Å²) in [7, 11) is 0. The highest BCUT2D eigenvalue weighted by Gasteiger charge is 2.16. The van der Waals surface area contributed by atoms with Crippen molar-refractivity contribution in [2.75, 3.05) is 19.8 Å². The zero-order valence-corrected chi connectivity index (χ0v) is 10.7. The molecule has 2 rings (SSSR count). The maximum atomic E-state index is 11.9. The highest BCUT2D eigenvalue weighted by molar-refractivity contribution is 6.31. The molecule has 1 aliphatic rings. The number of rotatable bonds is 3. The van der Waals surface area contributed by atoms with E-state index in [1.54, 1.807) is 6.07 Å². The summed E-state index contributed by atoms with van der Waals surface area (Å²) < 4.78 is 5.26. The Morgan fingerprint density at radius 3 is 2.89 bits per heavy atom. The van der Waals surface area contributed by atoms with Crippen molar-refractivity contribution < 1.29 is 14.6 Å². The number of halogens is 1. The van der Waals surface area contributed by atoms with E-state index < -0.39 is 0 Å². The lowest BCUT2D eigenvalue weighted by Crippen LogP contribution is -2.32. The predicted molar refractivity (Wildman–Crippen MR) is 69.0 cm³/mol. The number of amides is 1. The van der Waals surface area contributed by atoms with Gasteiger partial charge in [-0.15, -0.1) is 0 Å². The van der Waals surface area contributed by atoms with Crippen molar-refractivity contribution in [3.63, 3.8) is 0 Å². The first-order valence-corrected chi connectivity index (χ1v) is 6.39. The molecule has 1 aromatic carbocycles. The van der Waals surface area contributed by atoms with Crippen LogP contribution in [0.2, 0.25) is 5.02 Å². The summed E-state index contributed by atoms with van der Waals surface area (Å²) in [6.07, 6.45) is 1.92. The largest absolute Gasteiger partial charge is 0.507 e. The Balaban J connectivity index is 1.92. The summed E-state index contributed by atoms with van der Waals surface area (Å²) in [5, 5.41) is 12.9. The van der Waals surface area contributed by atoms with Gasteiger partial charge in [0.15, 0.2) is 0 Å². The predicted octanol–water partition coefficient (Wildman–Crippen LogP) is 2.20. The smallest absolute Gasteiger partial charge is 0.255 e. The van der Waals surface area contributed by atoms with Crippen LogP contribution in [0, 0.1) is 5.92 Å². The number of ether oxygens (including phenoxy) is 1. The molecule has 0 bridgehead atoms. The maximum absolute atomic E-state index is 11.9. The van der Waals surface area contributed by atoms with Crippen molar-refractivity contribution in [2.45, 2.75) is 12.8 Å². The Hall–Kier alpha value is -1.26. The van der Waals surface area contributed by atoms with Crippen molar-refractivity contribution in [3.8, 4) is 5.75 Å². The van der Waals surface area contributed by atoms with Gasteiger partial charge in [0.2, 0.25) is 0 Å². The summed E-state index contributed by atoms with van der Waals surface area (Å²) in [4.78, 5) is 11.9. The second-order valence-electron chi connectivity index (χ2n) is 4.43. The zero-order chi connectivity index (χ0) is 13.0. The van der Waals surface area contributed by atoms with Crippen LogP contribution in [0.5, 0.6) is 5.75 Å². The number of benzene rings is 1. The van der Waals surface area contributed by atoms with Gasteiger partial charge in [0.1, 0.15) is 5.75 Å². The van der Waals surface area contributed by atoms with Gasteiger partial charge in [-0.25, -0.2) is 0 Å². The molecule has 1 fully saturated rings. The third-order valence-electron chi connectivity index (χ3n) is 3.10. The molecule has 0 atom stereocenters. The van der Waals surface area contributed by atoms with Crippen LogP contribution in [0.15, 0.2) is 18.2 Å². The molecule has 18 heavy (non-hydrogen) atoms. The van der Waals surface area contributed by atoms with Crippen LogP contribution in [0.25, 0.3) is 0 Å². The van der Waals surface area contributed by atoms with E-state index in [4.69, 9.17) is 16.3 Å². The monoisotopic (exact) mass is 269 g/mol. The second-order valence-corrected chi connectivity index (χ2v) is 4.86. The van der Waals surface area contributed by atoms with Gasteiger partial charge in [-0.2, -0.15) is 0 Å². The van der Waals surface area contributed by atoms with Gasteiger partial charge in [-0.1, -0.05) is 11.6 Å². The number of hydrogen-bond donors (Lipinski definition) is 2. The third-order valence-corrected chi connectivity index (χ3v) is 3.33. The van der Waals surface area contributed by atoms with Gasteiger partial charge in [0.05, 0.1) is 5.56 Å². The van der Waals surface area contributed by atoms with Crippen molar-refractivity contribution in [3.05, 3.63) is 28.8 Å². The molecule has 1 saturated heterocycles. The minimum absolute atomic E-state index is 0.0520. The highest BCUT2D eigenvalue weighted by Crippen LogP contribution is 2.21. The number of phenols is 1. The number of phenolic OH excluding ortho intramolecular Hbond substituents is 1. The first-order chi connectivity index (χ1) is 8.66. The van der Waals surface area contributed by atoms with Crippen LogP contribution < -0.4 is 5.32 Å². The molecular formula is C13H16ClNO3. The Morgan fingerprint density at radius 2 is 2.17 bits per heavy atom. The standard InChI is InChI=1S/C13H16ClNO3/c14-10-1-2-12(16)11(7-10)13(17)15-8-9-3-5-18-6-4-9/h1-2,7,9,16H,3-6,8H2,(H,15,17). The van der Waals surface area contributed by atoms with Crippen LogP contribution in [0.4, 0.5) is 0 Å². The lowest BCUT2D eigenvalue weighted by Gasteiger charge is -2.22. The Labute approximate surface area is 111 Å². The number of aromatic hydroxyl groups is 1. The Morgan fingerprint density at radius 1 is 1.44 bits per heavy atom. The van der Waals surface area contributed by atoms with E-state index in [-0.39, 0.29) is 17.2 Å². The SMILES string of the molecule is O=C(NCC1CCOCC1)c1cc(Cl)ccc1O. The summed E-state index contributed by atoms with van der Waals surface area (Å²) in [5.41, 5.74) is 0.217. The van der Waals surface area contributed by atoms with E-state index in [1.807, 2.05) is 0 Å². The van der Waals surface area contributed by atoms with E-state index in [9.17, 15) is 9.90 Å². The van der Waals surface area contributed by atoms with Crippen LogP contribution in [-0.4, -0.2) is 30.8 Å². The Kier molecular flexibility index (Phi) is 4.44. The lowest BCUT2D eigenvalue weighted by molar-refractivity contribution is 0.0642. The molecule has 0 saturated carbocycles. The van der Waals surface area contributed by atoms with Gasteiger partial charge in [-0.3, -0.25) is 4.79 Å². The fourth-order valence-corrected chi connectivity index (χ4v) is 2.15. The van der Waals surface area contributed by atoms with Crippen molar-refractivity contribution >= 4 is 17.5 Å². The molecule has 1 amide bonds. The highest BCUT2D eigenvalue weighted by atomic mass is 35.5. The summed E-state index contributed by atoms with van der Waals surface area (Å²) in [6, 6.07) is 4.44. The summed E-state index contributed by atoms with van der Waals surface area (Å²) >= 11 is 5.80. The van der Waals surface area contributed by atoms with E-state index in [0.717, 1.165) is 26.1 Å². The molecule has 0 radical (unpaired) electrons. The number of carbonyl (C=O) groups is 1. The van der Waals surface area contributed by atoms with E-state index in [2.05, 4.69) is 5.32 Å². The average molecular weight is 270 g/mol. The van der Waals surface area contributed by atoms with Crippen LogP contribution in [0.1, 0.15) is 23.2 Å². The topological polar surface area (TPSA) is 58.6 Å². The summed E-state index contributed by atoms with van der Waals surface area (Å²) in [5.74, 6) is 0.106. The summed E-state index contributed by atoms with van der Waals surface area (Å²) in [6.45, 7) is 2.11. The van der Waals surface area contributed by atoms with Crippen LogP contribution >= 0.6 is 11.6 Å². The average Bonchev–Trinajstić information content (AvgIpc) is 2.40. The minimum Gasteiger partial charge on any atom is -0.507 e. The van der Waals surface area contributed by atoms with Gasteiger partial charge in [-0.05, 0) is 37.0 Å². The molecule has 98 valence electrons. The van der Waals surface area contributed by atoms with E-state index >= 15 is 0 Å². The maximum Gasteiger partial charge on any atom is 0.255 e. The quantitative estimate of drug-likeness (QED) is 0.884. The van der Waals surface area contributed by atoms with E-state index in [0.29, 0.717) is 17.5 Å². The normalized spacial score (nSPS) is 16.5. The zero-order valence-electron chi connectivity index (χ0n) is 9.99. The molecule has 1 aliphatic heterocycles. The third kappa shape index (κ3) is 3.37. The lowest BCUT2D eigenvalue weighted by atomic mass is 10.0. The molecule has 4 nitrogen and oxygen atoms in total. The number of hydrogen-bond acceptors (Lipinski definition) is 3. The van der Waals surface area contributed by atoms with Gasteiger partial charge < -0.3 is 15.2 Å². The van der Waals surface area contributed by atoms with Crippen molar-refractivity contribution in [1.82, 2.24) is 5.32 Å². The fraction of sp³-hybridized carbons (Fsp3) is 0.462. The van der Waals surface area contributed by atoms with Gasteiger partial charge in [0, 0.05) is 24.8 Å². The molecule has 0 unspecified atom stereocenters. The Bertz CT molecular complexity index is 430. The van der Waals surface area contributed by atoms with Crippen LogP contribution in [0.3, 0.4) is 0 Å². The molecule has 1 heterocycles. The second kappa shape index (κ2) is 6.07. The van der Waals surface area contributed by atoms with Crippen molar-refractivity contribution in [2.24, 2.45) is 5.92 Å². The number of nitrogens with one attached hydrogen (secondary N) is 1. The van der Waals surface area contributed by atoms with Gasteiger partial charge in [0.25, 0.3) is 5.91 Å². The first-order valence-electron chi connectivity index (χ1n) is 6.01. The van der Waals surface area contributed by atoms with Crippen molar-refractivity contribution in [1.29, 1.82) is 0 Å². The molecule has 1 aromatic rings. The first kappa shape index (κ1) is 13.2. The minimum atomic E-state index is -0.290. The molecular weight excluding hydrogens is 254 g/mol. The molecule has 0 aliphatic carbocycles. The van der Waals surface area contributed by atoms with E-state index in [1.165, 1.54) is 12.1 Å². The molecule has 5 heteroatoms. The molecule has 0 spiro atoms. The molecule has 2 N–H and O–H groups in total. The van der Waals surface area contributed by atoms with Crippen LogP contribution in [-0.2, 0) is 4.74 Å². The molecule has 0 aromatic heterocycles. The van der Waals surface area contributed by atoms with Gasteiger partial charge >= 0.3 is 0 Å². The number of carbonyl (C=O) groups excluding carboxylic acids is 1. The fourth-order valence-electron chi connectivity index (χ4n) is 1.97.